The third-order valence-electron chi connectivity index (χ3n) is 5.15. The Hall–Kier alpha value is -1.67. The highest BCUT2D eigenvalue weighted by Crippen LogP contribution is 2.42. The number of fused-ring (bicyclic) bond motifs is 3. The van der Waals surface area contributed by atoms with Crippen molar-refractivity contribution in [3.8, 4) is 5.75 Å². The first-order valence-electron chi connectivity index (χ1n) is 9.26. The molecule has 2 bridgehead atoms. The van der Waals surface area contributed by atoms with Gasteiger partial charge in [-0.05, 0) is 35.0 Å². The number of benzene rings is 2. The van der Waals surface area contributed by atoms with E-state index in [-0.39, 0.29) is 5.41 Å². The van der Waals surface area contributed by atoms with Crippen molar-refractivity contribution in [3.05, 3.63) is 65.7 Å². The van der Waals surface area contributed by atoms with Crippen molar-refractivity contribution in [2.45, 2.75) is 31.6 Å². The average Bonchev–Trinajstić information content (AvgIpc) is 2.75. The second kappa shape index (κ2) is 7.99. The monoisotopic (exact) mass is 405 g/mol. The Labute approximate surface area is 169 Å². The number of nitrogens with one attached hydrogen (secondary N) is 1. The van der Waals surface area contributed by atoms with Crippen molar-refractivity contribution in [2.24, 2.45) is 5.41 Å². The van der Waals surface area contributed by atoms with Gasteiger partial charge in [0.1, 0.15) is 24.5 Å². The van der Waals surface area contributed by atoms with Gasteiger partial charge in [-0.1, -0.05) is 49.4 Å². The number of halogens is 1. The predicted octanol–water partition coefficient (Wildman–Crippen LogP) is 3.15. The minimum absolute atomic E-state index is 0.165. The van der Waals surface area contributed by atoms with Gasteiger partial charge in [0.2, 0.25) is 0 Å². The molecule has 0 unspecified atom stereocenters. The molecular weight excluding hydrogens is 382 g/mol. The van der Waals surface area contributed by atoms with Gasteiger partial charge in [0.25, 0.3) is 0 Å². The molecule has 0 aliphatic carbocycles. The van der Waals surface area contributed by atoms with Crippen LogP contribution < -0.4 is 9.57 Å². The molecule has 3 fully saturated rings. The van der Waals surface area contributed by atoms with Crippen LogP contribution in [0.25, 0.3) is 0 Å². The molecule has 150 valence electrons. The molecular formula is C21H24ClNO5. The minimum Gasteiger partial charge on any atom is -0.489 e. The van der Waals surface area contributed by atoms with Crippen molar-refractivity contribution < 1.29 is 24.1 Å². The highest BCUT2D eigenvalue weighted by Gasteiger charge is 2.57. The van der Waals surface area contributed by atoms with E-state index in [0.29, 0.717) is 37.7 Å². The number of aliphatic hydroxyl groups is 1. The maximum absolute atomic E-state index is 10.9. The molecule has 2 N–H and O–H groups in total. The normalized spacial score (nSPS) is 28.7. The number of ether oxygens (including phenoxy) is 4. The number of rotatable bonds is 7. The van der Waals surface area contributed by atoms with Crippen LogP contribution in [0.3, 0.4) is 0 Å². The molecule has 3 aliphatic rings. The van der Waals surface area contributed by atoms with E-state index in [9.17, 15) is 5.11 Å². The third-order valence-corrected chi connectivity index (χ3v) is 5.38. The van der Waals surface area contributed by atoms with Crippen molar-refractivity contribution in [2.75, 3.05) is 19.8 Å². The van der Waals surface area contributed by atoms with E-state index in [1.165, 1.54) is 0 Å². The Morgan fingerprint density at radius 1 is 1.04 bits per heavy atom. The van der Waals surface area contributed by atoms with Gasteiger partial charge in [-0.3, -0.25) is 0 Å². The summed E-state index contributed by atoms with van der Waals surface area (Å²) >= 11 is 5.94. The van der Waals surface area contributed by atoms with E-state index in [2.05, 4.69) is 4.84 Å². The number of hydrogen-bond donors (Lipinski definition) is 2. The highest BCUT2D eigenvalue weighted by molar-refractivity contribution is 6.13. The minimum atomic E-state index is -1.40. The lowest BCUT2D eigenvalue weighted by Gasteiger charge is -2.53. The van der Waals surface area contributed by atoms with Crippen LogP contribution in [0.5, 0.6) is 5.75 Å². The molecule has 2 aromatic rings. The summed E-state index contributed by atoms with van der Waals surface area (Å²) in [6.07, 6.45) is -0.997. The molecule has 3 heterocycles. The maximum atomic E-state index is 10.9. The molecule has 0 radical (unpaired) electrons. The second-order valence-corrected chi connectivity index (χ2v) is 7.87. The smallest absolute Gasteiger partial charge is 0.303 e. The Kier molecular flexibility index (Phi) is 5.60. The van der Waals surface area contributed by atoms with E-state index < -0.39 is 18.1 Å². The van der Waals surface area contributed by atoms with Crippen LogP contribution in [0.1, 0.15) is 24.2 Å². The topological polar surface area (TPSA) is 69.2 Å². The Morgan fingerprint density at radius 2 is 1.64 bits per heavy atom. The standard InChI is InChI=1S/C21H24ClNO5/c1-20-12-26-21(27-13-20,28-14-20)19(23-22)18(24)16-7-9-17(10-8-16)25-11-15-5-3-2-4-6-15/h2-10,18-19,23-24H,11-14H2,1H3/t18-,19+,20?,21?/m1/s1. The van der Waals surface area contributed by atoms with Gasteiger partial charge < -0.3 is 24.1 Å². The van der Waals surface area contributed by atoms with Crippen LogP contribution in [0, 0.1) is 5.41 Å². The first kappa shape index (κ1) is 19.6. The van der Waals surface area contributed by atoms with Crippen LogP contribution in [0.2, 0.25) is 0 Å². The number of hydrogen-bond acceptors (Lipinski definition) is 6. The first-order chi connectivity index (χ1) is 13.5. The third kappa shape index (κ3) is 3.89. The molecule has 7 heteroatoms. The van der Waals surface area contributed by atoms with Gasteiger partial charge in [0, 0.05) is 5.41 Å². The van der Waals surface area contributed by atoms with Crippen molar-refractivity contribution in [1.82, 2.24) is 4.84 Å². The molecule has 0 saturated carbocycles. The predicted molar refractivity (Wildman–Crippen MR) is 104 cm³/mol. The quantitative estimate of drug-likeness (QED) is 0.690. The summed E-state index contributed by atoms with van der Waals surface area (Å²) in [4.78, 5) is 2.58. The Balaban J connectivity index is 1.43. The largest absolute Gasteiger partial charge is 0.489 e. The van der Waals surface area contributed by atoms with Crippen LogP contribution in [-0.2, 0) is 20.8 Å². The Morgan fingerprint density at radius 3 is 2.21 bits per heavy atom. The average molecular weight is 406 g/mol. The molecule has 28 heavy (non-hydrogen) atoms. The first-order valence-corrected chi connectivity index (χ1v) is 9.64. The van der Waals surface area contributed by atoms with Gasteiger partial charge in [-0.15, -0.1) is 0 Å². The molecule has 3 saturated heterocycles. The lowest BCUT2D eigenvalue weighted by Crippen LogP contribution is -2.67. The number of aliphatic hydroxyl groups excluding tert-OH is 1. The molecule has 0 spiro atoms. The maximum Gasteiger partial charge on any atom is 0.303 e. The van der Waals surface area contributed by atoms with E-state index in [1.807, 2.05) is 49.4 Å². The van der Waals surface area contributed by atoms with Crippen molar-refractivity contribution >= 4 is 11.8 Å². The van der Waals surface area contributed by atoms with Crippen molar-refractivity contribution in [1.29, 1.82) is 0 Å². The summed E-state index contributed by atoms with van der Waals surface area (Å²) in [5.74, 6) is -0.690. The van der Waals surface area contributed by atoms with Gasteiger partial charge in [0.05, 0.1) is 19.8 Å². The van der Waals surface area contributed by atoms with Crippen molar-refractivity contribution in [3.63, 3.8) is 0 Å². The summed E-state index contributed by atoms with van der Waals surface area (Å²) in [7, 11) is 0. The molecule has 3 aliphatic heterocycles. The SMILES string of the molecule is CC12COC([C@@H](NCl)[C@H](O)c3ccc(OCc4ccccc4)cc3)(OC1)OC2. The molecule has 6 nitrogen and oxygen atoms in total. The molecule has 0 amide bonds. The molecule has 2 aromatic carbocycles. The van der Waals surface area contributed by atoms with Gasteiger partial charge in [-0.25, -0.2) is 4.84 Å². The second-order valence-electron chi connectivity index (χ2n) is 7.66. The lowest BCUT2D eigenvalue weighted by atomic mass is 9.90. The summed E-state index contributed by atoms with van der Waals surface area (Å²) in [5, 5.41) is 10.9. The summed E-state index contributed by atoms with van der Waals surface area (Å²) in [5.41, 5.74) is 1.57. The van der Waals surface area contributed by atoms with Crippen LogP contribution in [0.15, 0.2) is 54.6 Å². The van der Waals surface area contributed by atoms with Crippen LogP contribution in [0.4, 0.5) is 0 Å². The fourth-order valence-electron chi connectivity index (χ4n) is 3.36. The van der Waals surface area contributed by atoms with Gasteiger partial charge in [-0.2, -0.15) is 0 Å². The summed E-state index contributed by atoms with van der Waals surface area (Å²) in [6.45, 7) is 3.97. The zero-order valence-corrected chi connectivity index (χ0v) is 16.4. The van der Waals surface area contributed by atoms with Crippen LogP contribution >= 0.6 is 11.8 Å². The van der Waals surface area contributed by atoms with Crippen LogP contribution in [-0.4, -0.2) is 36.9 Å². The highest BCUT2D eigenvalue weighted by atomic mass is 35.5. The van der Waals surface area contributed by atoms with E-state index in [4.69, 9.17) is 30.7 Å². The molecule has 5 rings (SSSR count). The van der Waals surface area contributed by atoms with E-state index in [1.54, 1.807) is 12.1 Å². The fourth-order valence-corrected chi connectivity index (χ4v) is 3.61. The zero-order chi connectivity index (χ0) is 19.6. The van der Waals surface area contributed by atoms with E-state index >= 15 is 0 Å². The molecule has 0 aromatic heterocycles. The van der Waals surface area contributed by atoms with Gasteiger partial charge in [0.15, 0.2) is 0 Å². The van der Waals surface area contributed by atoms with E-state index in [0.717, 1.165) is 5.56 Å². The molecule has 2 atom stereocenters. The lowest BCUT2D eigenvalue weighted by molar-refractivity contribution is -0.477. The summed E-state index contributed by atoms with van der Waals surface area (Å²) < 4.78 is 23.2. The summed E-state index contributed by atoms with van der Waals surface area (Å²) in [6, 6.07) is 16.3. The van der Waals surface area contributed by atoms with Gasteiger partial charge >= 0.3 is 5.97 Å². The Bertz CT molecular complexity index is 761. The zero-order valence-electron chi connectivity index (χ0n) is 15.6. The fraction of sp³-hybridized carbons (Fsp3) is 0.429.